The lowest BCUT2D eigenvalue weighted by Crippen LogP contribution is -2.15. The monoisotopic (exact) mass is 417 g/mol. The van der Waals surface area contributed by atoms with Crippen molar-refractivity contribution in [3.05, 3.63) is 41.6 Å². The summed E-state index contributed by atoms with van der Waals surface area (Å²) in [5.41, 5.74) is 2.03. The predicted octanol–water partition coefficient (Wildman–Crippen LogP) is 3.98. The molecule has 1 amide bonds. The standard InChI is InChI=1S/C19H14ClF2N5O2/c1-29-18-16(22)15(20)14(10-5-23-26-17(10)18)8-2-3-13-24-12(7-27(13)6-8)25-19(28)9-4-11(9)21/h2-3,5-7,9,11H,4H2,1H3,(H,23,26)(H,25,28). The Morgan fingerprint density at radius 3 is 2.93 bits per heavy atom. The first-order valence-electron chi connectivity index (χ1n) is 8.80. The third-order valence-electron chi connectivity index (χ3n) is 4.99. The first-order chi connectivity index (χ1) is 14.0. The van der Waals surface area contributed by atoms with Gasteiger partial charge in [-0.25, -0.2) is 13.8 Å². The van der Waals surface area contributed by atoms with E-state index < -0.39 is 17.9 Å². The molecule has 0 saturated heterocycles. The molecule has 29 heavy (non-hydrogen) atoms. The highest BCUT2D eigenvalue weighted by atomic mass is 35.5. The van der Waals surface area contributed by atoms with Gasteiger partial charge in [0.25, 0.3) is 0 Å². The molecule has 0 aliphatic heterocycles. The van der Waals surface area contributed by atoms with Crippen LogP contribution in [0.2, 0.25) is 5.02 Å². The van der Waals surface area contributed by atoms with Crippen LogP contribution in [0.4, 0.5) is 14.6 Å². The number of halogens is 3. The van der Waals surface area contributed by atoms with Gasteiger partial charge in [-0.3, -0.25) is 9.89 Å². The van der Waals surface area contributed by atoms with E-state index >= 15 is 0 Å². The molecule has 0 bridgehead atoms. The second-order valence-electron chi connectivity index (χ2n) is 6.85. The zero-order valence-corrected chi connectivity index (χ0v) is 15.8. The number of imidazole rings is 1. The van der Waals surface area contributed by atoms with Gasteiger partial charge in [0.2, 0.25) is 5.91 Å². The van der Waals surface area contributed by atoms with Gasteiger partial charge >= 0.3 is 0 Å². The zero-order chi connectivity index (χ0) is 20.3. The minimum atomic E-state index is -1.08. The van der Waals surface area contributed by atoms with Crippen LogP contribution in [0.25, 0.3) is 27.7 Å². The van der Waals surface area contributed by atoms with Gasteiger partial charge in [-0.2, -0.15) is 5.10 Å². The van der Waals surface area contributed by atoms with Crippen molar-refractivity contribution >= 4 is 39.9 Å². The molecule has 1 fully saturated rings. The number of carbonyl (C=O) groups is 1. The molecule has 3 heterocycles. The Kier molecular flexibility index (Phi) is 3.95. The SMILES string of the molecule is COc1c(F)c(Cl)c(-c2ccc3nc(NC(=O)C4CC4F)cn3c2)c2cn[nH]c12. The fourth-order valence-corrected chi connectivity index (χ4v) is 3.71. The quantitative estimate of drug-likeness (QED) is 0.526. The van der Waals surface area contributed by atoms with Crippen LogP contribution in [-0.2, 0) is 4.79 Å². The average molecular weight is 418 g/mol. The van der Waals surface area contributed by atoms with Crippen molar-refractivity contribution in [3.63, 3.8) is 0 Å². The number of fused-ring (bicyclic) bond motifs is 2. The molecule has 4 aromatic rings. The summed E-state index contributed by atoms with van der Waals surface area (Å²) in [6.45, 7) is 0. The number of nitrogens with one attached hydrogen (secondary N) is 2. The number of rotatable bonds is 4. The van der Waals surface area contributed by atoms with Crippen LogP contribution in [0.3, 0.4) is 0 Å². The molecule has 2 unspecified atom stereocenters. The van der Waals surface area contributed by atoms with E-state index in [0.717, 1.165) is 0 Å². The summed E-state index contributed by atoms with van der Waals surface area (Å²) in [5, 5.41) is 9.83. The molecule has 3 aromatic heterocycles. The normalized spacial score (nSPS) is 18.3. The summed E-state index contributed by atoms with van der Waals surface area (Å²) >= 11 is 6.31. The van der Waals surface area contributed by atoms with Crippen molar-refractivity contribution < 1.29 is 18.3 Å². The topological polar surface area (TPSA) is 84.3 Å². The Labute approximate surface area is 167 Å². The maximum Gasteiger partial charge on any atom is 0.231 e. The van der Waals surface area contributed by atoms with Crippen LogP contribution in [0, 0.1) is 11.7 Å². The lowest BCUT2D eigenvalue weighted by Gasteiger charge is -2.11. The minimum Gasteiger partial charge on any atom is -0.491 e. The van der Waals surface area contributed by atoms with Crippen molar-refractivity contribution in [2.24, 2.45) is 5.92 Å². The summed E-state index contributed by atoms with van der Waals surface area (Å²) in [6, 6.07) is 3.45. The van der Waals surface area contributed by atoms with Gasteiger partial charge in [0.15, 0.2) is 17.4 Å². The van der Waals surface area contributed by atoms with Gasteiger partial charge in [-0.05, 0) is 18.6 Å². The molecular weight excluding hydrogens is 404 g/mol. The van der Waals surface area contributed by atoms with Crippen LogP contribution in [0.15, 0.2) is 30.7 Å². The maximum absolute atomic E-state index is 14.7. The zero-order valence-electron chi connectivity index (χ0n) is 15.0. The van der Waals surface area contributed by atoms with Crippen molar-refractivity contribution in [1.82, 2.24) is 19.6 Å². The highest BCUT2D eigenvalue weighted by Gasteiger charge is 2.43. The summed E-state index contributed by atoms with van der Waals surface area (Å²) in [6.07, 6.45) is 4.03. The largest absolute Gasteiger partial charge is 0.491 e. The fraction of sp³-hybridized carbons (Fsp3) is 0.211. The van der Waals surface area contributed by atoms with E-state index in [4.69, 9.17) is 16.3 Å². The number of alkyl halides is 1. The number of aromatic amines is 1. The van der Waals surface area contributed by atoms with E-state index in [2.05, 4.69) is 20.5 Å². The van der Waals surface area contributed by atoms with Gasteiger partial charge in [-0.1, -0.05) is 11.6 Å². The smallest absolute Gasteiger partial charge is 0.231 e. The molecule has 1 aliphatic rings. The maximum atomic E-state index is 14.7. The molecule has 2 N–H and O–H groups in total. The van der Waals surface area contributed by atoms with Crippen LogP contribution in [0.1, 0.15) is 6.42 Å². The summed E-state index contributed by atoms with van der Waals surface area (Å²) in [4.78, 5) is 16.2. The third-order valence-corrected chi connectivity index (χ3v) is 5.35. The molecule has 0 spiro atoms. The number of nitrogens with zero attached hydrogens (tertiary/aromatic N) is 3. The first-order valence-corrected chi connectivity index (χ1v) is 9.17. The molecule has 0 radical (unpaired) electrons. The van der Waals surface area contributed by atoms with Gasteiger partial charge in [-0.15, -0.1) is 0 Å². The van der Waals surface area contributed by atoms with E-state index in [1.807, 2.05) is 0 Å². The van der Waals surface area contributed by atoms with Gasteiger partial charge in [0.1, 0.15) is 17.3 Å². The lowest BCUT2D eigenvalue weighted by atomic mass is 10.0. The molecule has 148 valence electrons. The Balaban J connectivity index is 1.58. The van der Waals surface area contributed by atoms with Crippen LogP contribution in [-0.4, -0.2) is 38.8 Å². The third kappa shape index (κ3) is 2.80. The summed E-state index contributed by atoms with van der Waals surface area (Å²) in [5.74, 6) is -1.38. The average Bonchev–Trinajstić information content (AvgIpc) is 3.08. The molecule has 1 aliphatic carbocycles. The molecule has 5 rings (SSSR count). The summed E-state index contributed by atoms with van der Waals surface area (Å²) in [7, 11) is 1.36. The lowest BCUT2D eigenvalue weighted by molar-refractivity contribution is -0.117. The predicted molar refractivity (Wildman–Crippen MR) is 103 cm³/mol. The van der Waals surface area contributed by atoms with Crippen molar-refractivity contribution in [2.45, 2.75) is 12.6 Å². The van der Waals surface area contributed by atoms with Gasteiger partial charge in [0, 0.05) is 22.7 Å². The van der Waals surface area contributed by atoms with E-state index in [9.17, 15) is 13.6 Å². The number of benzene rings is 1. The van der Waals surface area contributed by atoms with E-state index in [-0.39, 0.29) is 23.1 Å². The Morgan fingerprint density at radius 2 is 2.21 bits per heavy atom. The molecule has 10 heteroatoms. The van der Waals surface area contributed by atoms with Crippen LogP contribution >= 0.6 is 11.6 Å². The number of hydrogen-bond donors (Lipinski definition) is 2. The number of methoxy groups -OCH3 is 1. The number of amides is 1. The molecule has 1 aromatic carbocycles. The number of aromatic nitrogens is 4. The number of carbonyl (C=O) groups excluding carboxylic acids is 1. The van der Waals surface area contributed by atoms with E-state index in [0.29, 0.717) is 33.5 Å². The second kappa shape index (κ2) is 6.41. The van der Waals surface area contributed by atoms with Crippen molar-refractivity contribution in [1.29, 1.82) is 0 Å². The Hall–Kier alpha value is -3.20. The molecule has 2 atom stereocenters. The Bertz CT molecular complexity index is 1280. The summed E-state index contributed by atoms with van der Waals surface area (Å²) < 4.78 is 34.6. The molecule has 7 nitrogen and oxygen atoms in total. The highest BCUT2D eigenvalue weighted by molar-refractivity contribution is 6.35. The van der Waals surface area contributed by atoms with E-state index in [1.54, 1.807) is 35.1 Å². The van der Waals surface area contributed by atoms with Crippen molar-refractivity contribution in [2.75, 3.05) is 12.4 Å². The Morgan fingerprint density at radius 1 is 1.41 bits per heavy atom. The van der Waals surface area contributed by atoms with Crippen LogP contribution < -0.4 is 10.1 Å². The van der Waals surface area contributed by atoms with E-state index in [1.165, 1.54) is 7.11 Å². The molecule has 1 saturated carbocycles. The van der Waals surface area contributed by atoms with Gasteiger partial charge < -0.3 is 14.5 Å². The number of pyridine rings is 1. The molecular formula is C19H14ClF2N5O2. The number of anilines is 1. The highest BCUT2D eigenvalue weighted by Crippen LogP contribution is 2.42. The van der Waals surface area contributed by atoms with Crippen LogP contribution in [0.5, 0.6) is 5.75 Å². The van der Waals surface area contributed by atoms with Crippen molar-refractivity contribution in [3.8, 4) is 16.9 Å². The second-order valence-corrected chi connectivity index (χ2v) is 7.23. The fourth-order valence-electron chi connectivity index (χ4n) is 3.41. The first kappa shape index (κ1) is 17.9. The number of ether oxygens (including phenoxy) is 1. The minimum absolute atomic E-state index is 0.00815. The number of hydrogen-bond acceptors (Lipinski definition) is 4. The van der Waals surface area contributed by atoms with Gasteiger partial charge in [0.05, 0.1) is 30.4 Å². The number of H-pyrrole nitrogens is 1.